The standard InChI is InChI=1S/C27H34ClN5O4/c1-18-8-10-32(12-13-33-11-9-19(2)31-33)25(35)23(18)15-24(34)29-17-21-14-22(28)7-6-20(21)16-30-26(36)37-27(3,4)5/h6-11,14H,12-13,15-17H2,1-5H3,(H,29,34)(H,30,36). The highest BCUT2D eigenvalue weighted by molar-refractivity contribution is 6.30. The summed E-state index contributed by atoms with van der Waals surface area (Å²) in [4.78, 5) is 37.9. The number of nitrogens with one attached hydrogen (secondary N) is 2. The van der Waals surface area contributed by atoms with Crippen molar-refractivity contribution in [3.8, 4) is 0 Å². The Morgan fingerprint density at radius 3 is 2.41 bits per heavy atom. The molecule has 0 bridgehead atoms. The number of hydrogen-bond donors (Lipinski definition) is 2. The smallest absolute Gasteiger partial charge is 0.407 e. The van der Waals surface area contributed by atoms with Gasteiger partial charge in [-0.25, -0.2) is 4.79 Å². The van der Waals surface area contributed by atoms with Gasteiger partial charge in [-0.1, -0.05) is 17.7 Å². The van der Waals surface area contributed by atoms with Crippen LogP contribution < -0.4 is 16.2 Å². The van der Waals surface area contributed by atoms with Crippen LogP contribution in [0.4, 0.5) is 4.79 Å². The summed E-state index contributed by atoms with van der Waals surface area (Å²) in [7, 11) is 0. The molecule has 2 amide bonds. The maximum atomic E-state index is 13.1. The number of carbonyl (C=O) groups is 2. The zero-order valence-corrected chi connectivity index (χ0v) is 22.7. The van der Waals surface area contributed by atoms with Gasteiger partial charge in [-0.2, -0.15) is 5.10 Å². The van der Waals surface area contributed by atoms with Gasteiger partial charge in [0.25, 0.3) is 5.56 Å². The third-order valence-electron chi connectivity index (χ3n) is 5.65. The Balaban J connectivity index is 1.63. The highest BCUT2D eigenvalue weighted by atomic mass is 35.5. The number of pyridine rings is 1. The lowest BCUT2D eigenvalue weighted by Crippen LogP contribution is -2.33. The summed E-state index contributed by atoms with van der Waals surface area (Å²) in [5.74, 6) is -0.285. The monoisotopic (exact) mass is 527 g/mol. The predicted octanol–water partition coefficient (Wildman–Crippen LogP) is 3.90. The van der Waals surface area contributed by atoms with Crippen LogP contribution in [0.2, 0.25) is 5.02 Å². The summed E-state index contributed by atoms with van der Waals surface area (Å²) >= 11 is 6.17. The number of ether oxygens (including phenoxy) is 1. The number of rotatable bonds is 9. The molecule has 0 saturated heterocycles. The van der Waals surface area contributed by atoms with E-state index in [0.717, 1.165) is 22.4 Å². The number of nitrogens with zero attached hydrogens (tertiary/aromatic N) is 3. The van der Waals surface area contributed by atoms with E-state index in [1.807, 2.05) is 32.2 Å². The number of amides is 2. The van der Waals surface area contributed by atoms with E-state index in [2.05, 4.69) is 15.7 Å². The first-order chi connectivity index (χ1) is 17.4. The molecule has 198 valence electrons. The van der Waals surface area contributed by atoms with E-state index < -0.39 is 11.7 Å². The van der Waals surface area contributed by atoms with E-state index in [1.165, 1.54) is 0 Å². The van der Waals surface area contributed by atoms with Gasteiger partial charge in [0, 0.05) is 42.6 Å². The molecule has 0 saturated carbocycles. The largest absolute Gasteiger partial charge is 0.444 e. The molecule has 10 heteroatoms. The maximum absolute atomic E-state index is 13.1. The molecule has 2 aromatic heterocycles. The summed E-state index contributed by atoms with van der Waals surface area (Å²) in [5.41, 5.74) is 2.89. The number of aromatic nitrogens is 3. The highest BCUT2D eigenvalue weighted by Crippen LogP contribution is 2.17. The molecule has 0 spiro atoms. The number of hydrogen-bond acceptors (Lipinski definition) is 5. The Kier molecular flexibility index (Phi) is 9.15. The predicted molar refractivity (Wildman–Crippen MR) is 142 cm³/mol. The molecule has 0 radical (unpaired) electrons. The van der Waals surface area contributed by atoms with Gasteiger partial charge < -0.3 is 19.9 Å². The zero-order valence-electron chi connectivity index (χ0n) is 21.9. The fourth-order valence-electron chi connectivity index (χ4n) is 3.73. The lowest BCUT2D eigenvalue weighted by Gasteiger charge is -2.20. The van der Waals surface area contributed by atoms with E-state index in [-0.39, 0.29) is 31.0 Å². The van der Waals surface area contributed by atoms with Crippen LogP contribution in [-0.4, -0.2) is 31.9 Å². The second-order valence-corrected chi connectivity index (χ2v) is 10.4. The van der Waals surface area contributed by atoms with Crippen molar-refractivity contribution in [2.45, 2.75) is 72.8 Å². The molecular weight excluding hydrogens is 494 g/mol. The lowest BCUT2D eigenvalue weighted by molar-refractivity contribution is -0.120. The van der Waals surface area contributed by atoms with Gasteiger partial charge in [0.05, 0.1) is 18.7 Å². The molecule has 0 aliphatic carbocycles. The van der Waals surface area contributed by atoms with Gasteiger partial charge in [-0.3, -0.25) is 14.3 Å². The third kappa shape index (κ3) is 8.49. The lowest BCUT2D eigenvalue weighted by atomic mass is 10.1. The molecule has 3 rings (SSSR count). The summed E-state index contributed by atoms with van der Waals surface area (Å²) < 4.78 is 8.67. The normalized spacial score (nSPS) is 11.3. The maximum Gasteiger partial charge on any atom is 0.407 e. The van der Waals surface area contributed by atoms with Crippen LogP contribution in [0.25, 0.3) is 0 Å². The first-order valence-electron chi connectivity index (χ1n) is 12.1. The number of aryl methyl sites for hydroxylation is 4. The van der Waals surface area contributed by atoms with Crippen molar-refractivity contribution in [2.75, 3.05) is 0 Å². The highest BCUT2D eigenvalue weighted by Gasteiger charge is 2.17. The van der Waals surface area contributed by atoms with Crippen LogP contribution >= 0.6 is 11.6 Å². The van der Waals surface area contributed by atoms with Gasteiger partial charge in [-0.05, 0) is 75.6 Å². The first-order valence-corrected chi connectivity index (χ1v) is 12.5. The zero-order chi connectivity index (χ0) is 27.2. The molecule has 0 aliphatic rings. The minimum atomic E-state index is -0.604. The van der Waals surface area contributed by atoms with Crippen molar-refractivity contribution in [1.82, 2.24) is 25.0 Å². The Bertz CT molecular complexity index is 1320. The minimum absolute atomic E-state index is 0.0432. The van der Waals surface area contributed by atoms with Crippen LogP contribution in [0, 0.1) is 13.8 Å². The van der Waals surface area contributed by atoms with Crippen molar-refractivity contribution in [3.63, 3.8) is 0 Å². The Morgan fingerprint density at radius 1 is 1.00 bits per heavy atom. The molecule has 0 unspecified atom stereocenters. The van der Waals surface area contributed by atoms with E-state index in [9.17, 15) is 14.4 Å². The van der Waals surface area contributed by atoms with Crippen LogP contribution in [0.15, 0.2) is 47.5 Å². The first kappa shape index (κ1) is 28.0. The Hall–Kier alpha value is -3.59. The Morgan fingerprint density at radius 2 is 1.73 bits per heavy atom. The fourth-order valence-corrected chi connectivity index (χ4v) is 3.93. The summed E-state index contributed by atoms with van der Waals surface area (Å²) in [6.07, 6.45) is 3.04. The van der Waals surface area contributed by atoms with E-state index in [1.54, 1.807) is 54.4 Å². The Labute approximate surface area is 221 Å². The molecule has 2 N–H and O–H groups in total. The average Bonchev–Trinajstić information content (AvgIpc) is 3.23. The van der Waals surface area contributed by atoms with E-state index in [4.69, 9.17) is 16.3 Å². The van der Waals surface area contributed by atoms with Crippen LogP contribution in [0.1, 0.15) is 48.7 Å². The molecular formula is C27H34ClN5O4. The van der Waals surface area contributed by atoms with Crippen LogP contribution in [0.3, 0.4) is 0 Å². The summed E-state index contributed by atoms with van der Waals surface area (Å²) in [6.45, 7) is 10.5. The van der Waals surface area contributed by atoms with Gasteiger partial charge in [0.15, 0.2) is 0 Å². The van der Waals surface area contributed by atoms with Crippen molar-refractivity contribution < 1.29 is 14.3 Å². The van der Waals surface area contributed by atoms with Gasteiger partial charge >= 0.3 is 6.09 Å². The molecule has 2 heterocycles. The van der Waals surface area contributed by atoms with E-state index in [0.29, 0.717) is 23.7 Å². The fraction of sp³-hybridized carbons (Fsp3) is 0.407. The average molecular weight is 528 g/mol. The van der Waals surface area contributed by atoms with Gasteiger partial charge in [0.1, 0.15) is 5.60 Å². The third-order valence-corrected chi connectivity index (χ3v) is 5.88. The second kappa shape index (κ2) is 12.1. The molecule has 1 aromatic carbocycles. The molecule has 3 aromatic rings. The van der Waals surface area contributed by atoms with E-state index >= 15 is 0 Å². The van der Waals surface area contributed by atoms with Crippen molar-refractivity contribution in [3.05, 3.63) is 86.0 Å². The molecule has 0 atom stereocenters. The van der Waals surface area contributed by atoms with Crippen LogP contribution in [-0.2, 0) is 42.1 Å². The molecule has 9 nitrogen and oxygen atoms in total. The quantitative estimate of drug-likeness (QED) is 0.439. The second-order valence-electron chi connectivity index (χ2n) is 9.92. The van der Waals surface area contributed by atoms with Gasteiger partial charge in [0.2, 0.25) is 5.91 Å². The molecule has 0 aliphatic heterocycles. The number of benzene rings is 1. The van der Waals surface area contributed by atoms with Crippen molar-refractivity contribution in [1.29, 1.82) is 0 Å². The minimum Gasteiger partial charge on any atom is -0.444 e. The molecule has 37 heavy (non-hydrogen) atoms. The number of alkyl carbamates (subject to hydrolysis) is 1. The SMILES string of the molecule is Cc1ccn(CCn2ccc(C)c(CC(=O)NCc3cc(Cl)ccc3CNC(=O)OC(C)(C)C)c2=O)n1. The summed E-state index contributed by atoms with van der Waals surface area (Å²) in [6, 6.07) is 9.01. The summed E-state index contributed by atoms with van der Waals surface area (Å²) in [5, 5.41) is 10.5. The van der Waals surface area contributed by atoms with Crippen molar-refractivity contribution >= 4 is 23.6 Å². The topological polar surface area (TPSA) is 107 Å². The number of halogens is 1. The van der Waals surface area contributed by atoms with Gasteiger partial charge in [-0.15, -0.1) is 0 Å². The number of carbonyl (C=O) groups excluding carboxylic acids is 2. The molecule has 0 fully saturated rings. The van der Waals surface area contributed by atoms with Crippen molar-refractivity contribution in [2.24, 2.45) is 0 Å². The van der Waals surface area contributed by atoms with Crippen LogP contribution in [0.5, 0.6) is 0 Å².